The highest BCUT2D eigenvalue weighted by Gasteiger charge is 2.36. The van der Waals surface area contributed by atoms with Gasteiger partial charge in [-0.15, -0.1) is 0 Å². The molecular weight excluding hydrogens is 204 g/mol. The lowest BCUT2D eigenvalue weighted by molar-refractivity contribution is -0.118. The maximum atomic E-state index is 11.6. The molecular formula is C12H20N2O2. The molecule has 1 unspecified atom stereocenters. The lowest BCUT2D eigenvalue weighted by Gasteiger charge is -2.34. The van der Waals surface area contributed by atoms with E-state index in [0.29, 0.717) is 5.92 Å². The van der Waals surface area contributed by atoms with Crippen LogP contribution in [0.25, 0.3) is 0 Å². The van der Waals surface area contributed by atoms with E-state index in [-0.39, 0.29) is 24.5 Å². The Balaban J connectivity index is 2.03. The molecule has 2 rings (SSSR count). The molecule has 0 aromatic heterocycles. The summed E-state index contributed by atoms with van der Waals surface area (Å²) in [5.41, 5.74) is 0. The third-order valence-electron chi connectivity index (χ3n) is 3.83. The molecule has 0 aromatic rings. The van der Waals surface area contributed by atoms with Crippen molar-refractivity contribution < 1.29 is 9.59 Å². The second-order valence-corrected chi connectivity index (χ2v) is 4.85. The van der Waals surface area contributed by atoms with Gasteiger partial charge in [-0.3, -0.25) is 10.1 Å². The molecule has 0 spiro atoms. The second kappa shape index (κ2) is 4.85. The number of carbonyl (C=O) groups excluding carboxylic acids is 2. The number of nitrogens with one attached hydrogen (secondary N) is 1. The van der Waals surface area contributed by atoms with Crippen molar-refractivity contribution in [2.45, 2.75) is 51.5 Å². The summed E-state index contributed by atoms with van der Waals surface area (Å²) in [5.74, 6) is 0.439. The van der Waals surface area contributed by atoms with Crippen LogP contribution in [0, 0.1) is 5.92 Å². The quantitative estimate of drug-likeness (QED) is 0.744. The standard InChI is InChI=1S/C12H20N2O2/c1-2-10(9-6-4-3-5-7-9)14-8-11(15)13-12(14)16/h9-10H,2-8H2,1H3,(H,13,15,16). The van der Waals surface area contributed by atoms with Crippen LogP contribution in [0.3, 0.4) is 0 Å². The van der Waals surface area contributed by atoms with Crippen molar-refractivity contribution in [1.29, 1.82) is 0 Å². The minimum Gasteiger partial charge on any atom is -0.312 e. The Kier molecular flexibility index (Phi) is 3.46. The third-order valence-corrected chi connectivity index (χ3v) is 3.83. The molecule has 2 fully saturated rings. The summed E-state index contributed by atoms with van der Waals surface area (Å²) in [6.07, 6.45) is 7.21. The summed E-state index contributed by atoms with van der Waals surface area (Å²) in [4.78, 5) is 24.5. The van der Waals surface area contributed by atoms with E-state index in [1.807, 2.05) is 0 Å². The van der Waals surface area contributed by atoms with Crippen molar-refractivity contribution in [3.63, 3.8) is 0 Å². The van der Waals surface area contributed by atoms with E-state index in [2.05, 4.69) is 12.2 Å². The van der Waals surface area contributed by atoms with Gasteiger partial charge in [0.25, 0.3) is 0 Å². The molecule has 1 heterocycles. The average Bonchev–Trinajstić information content (AvgIpc) is 2.61. The molecule has 0 radical (unpaired) electrons. The van der Waals surface area contributed by atoms with Crippen LogP contribution in [-0.2, 0) is 4.79 Å². The molecule has 2 aliphatic rings. The molecule has 16 heavy (non-hydrogen) atoms. The molecule has 1 aliphatic carbocycles. The van der Waals surface area contributed by atoms with Gasteiger partial charge in [-0.2, -0.15) is 0 Å². The molecule has 1 saturated heterocycles. The number of imide groups is 1. The van der Waals surface area contributed by atoms with Crippen LogP contribution in [0.15, 0.2) is 0 Å². The highest BCUT2D eigenvalue weighted by atomic mass is 16.2. The molecule has 1 atom stereocenters. The number of amides is 3. The van der Waals surface area contributed by atoms with Gasteiger partial charge in [0.15, 0.2) is 0 Å². The highest BCUT2D eigenvalue weighted by Crippen LogP contribution is 2.31. The van der Waals surface area contributed by atoms with Gasteiger partial charge in [0, 0.05) is 6.04 Å². The number of nitrogens with zero attached hydrogens (tertiary/aromatic N) is 1. The normalized spacial score (nSPS) is 24.7. The Bertz CT molecular complexity index is 285. The van der Waals surface area contributed by atoms with Crippen molar-refractivity contribution in [3.8, 4) is 0 Å². The van der Waals surface area contributed by atoms with Crippen molar-refractivity contribution >= 4 is 11.9 Å². The summed E-state index contributed by atoms with van der Waals surface area (Å²) in [7, 11) is 0. The molecule has 90 valence electrons. The zero-order valence-electron chi connectivity index (χ0n) is 9.87. The second-order valence-electron chi connectivity index (χ2n) is 4.85. The van der Waals surface area contributed by atoms with Crippen molar-refractivity contribution in [1.82, 2.24) is 10.2 Å². The lowest BCUT2D eigenvalue weighted by Crippen LogP contribution is -2.43. The van der Waals surface area contributed by atoms with E-state index >= 15 is 0 Å². The monoisotopic (exact) mass is 224 g/mol. The van der Waals surface area contributed by atoms with Crippen LogP contribution < -0.4 is 5.32 Å². The zero-order chi connectivity index (χ0) is 11.5. The van der Waals surface area contributed by atoms with Crippen molar-refractivity contribution in [2.24, 2.45) is 5.92 Å². The summed E-state index contributed by atoms with van der Waals surface area (Å²) < 4.78 is 0. The first-order valence-electron chi connectivity index (χ1n) is 6.33. The van der Waals surface area contributed by atoms with Crippen LogP contribution >= 0.6 is 0 Å². The van der Waals surface area contributed by atoms with Gasteiger partial charge < -0.3 is 4.90 Å². The van der Waals surface area contributed by atoms with E-state index in [1.165, 1.54) is 32.1 Å². The van der Waals surface area contributed by atoms with Gasteiger partial charge in [0.2, 0.25) is 5.91 Å². The van der Waals surface area contributed by atoms with E-state index in [4.69, 9.17) is 0 Å². The van der Waals surface area contributed by atoms with Gasteiger partial charge in [-0.25, -0.2) is 4.79 Å². The van der Waals surface area contributed by atoms with Gasteiger partial charge in [-0.1, -0.05) is 26.2 Å². The number of hydrogen-bond donors (Lipinski definition) is 1. The molecule has 1 N–H and O–H groups in total. The minimum absolute atomic E-state index is 0.153. The van der Waals surface area contributed by atoms with Crippen molar-refractivity contribution in [2.75, 3.05) is 6.54 Å². The SMILES string of the molecule is CCC(C1CCCCC1)N1CC(=O)NC1=O. The Labute approximate surface area is 96.4 Å². The number of rotatable bonds is 3. The maximum Gasteiger partial charge on any atom is 0.324 e. The van der Waals surface area contributed by atoms with Gasteiger partial charge in [-0.05, 0) is 25.2 Å². The summed E-state index contributed by atoms with van der Waals surface area (Å²) in [6.45, 7) is 2.36. The van der Waals surface area contributed by atoms with E-state index in [0.717, 1.165) is 6.42 Å². The first kappa shape index (κ1) is 11.4. The number of urea groups is 1. The maximum absolute atomic E-state index is 11.6. The molecule has 1 aliphatic heterocycles. The fourth-order valence-corrected chi connectivity index (χ4v) is 3.05. The predicted octanol–water partition coefficient (Wildman–Crippen LogP) is 1.90. The Morgan fingerprint density at radius 3 is 2.50 bits per heavy atom. The Morgan fingerprint density at radius 2 is 2.00 bits per heavy atom. The molecule has 4 nitrogen and oxygen atoms in total. The summed E-state index contributed by atoms with van der Waals surface area (Å²) in [5, 5.41) is 2.37. The first-order valence-corrected chi connectivity index (χ1v) is 6.33. The highest BCUT2D eigenvalue weighted by molar-refractivity contribution is 6.02. The van der Waals surface area contributed by atoms with Crippen molar-refractivity contribution in [3.05, 3.63) is 0 Å². The fourth-order valence-electron chi connectivity index (χ4n) is 3.05. The summed E-state index contributed by atoms with van der Waals surface area (Å²) in [6, 6.07) is 0.0640. The smallest absolute Gasteiger partial charge is 0.312 e. The summed E-state index contributed by atoms with van der Waals surface area (Å²) >= 11 is 0. The van der Waals surface area contributed by atoms with Crippen LogP contribution in [0.1, 0.15) is 45.4 Å². The zero-order valence-corrected chi connectivity index (χ0v) is 9.87. The van der Waals surface area contributed by atoms with E-state index < -0.39 is 0 Å². The van der Waals surface area contributed by atoms with Crippen LogP contribution in [0.5, 0.6) is 0 Å². The van der Waals surface area contributed by atoms with Crippen LogP contribution in [-0.4, -0.2) is 29.4 Å². The molecule has 3 amide bonds. The predicted molar refractivity (Wildman–Crippen MR) is 60.9 cm³/mol. The minimum atomic E-state index is -0.192. The fraction of sp³-hybridized carbons (Fsp3) is 0.833. The van der Waals surface area contributed by atoms with Crippen LogP contribution in [0.2, 0.25) is 0 Å². The number of hydrogen-bond acceptors (Lipinski definition) is 2. The number of carbonyl (C=O) groups is 2. The van der Waals surface area contributed by atoms with Gasteiger partial charge in [0.1, 0.15) is 6.54 Å². The van der Waals surface area contributed by atoms with Gasteiger partial charge in [0.05, 0.1) is 0 Å². The largest absolute Gasteiger partial charge is 0.324 e. The molecule has 0 aromatic carbocycles. The van der Waals surface area contributed by atoms with Crippen LogP contribution in [0.4, 0.5) is 4.79 Å². The lowest BCUT2D eigenvalue weighted by atomic mass is 9.82. The first-order chi connectivity index (χ1) is 7.72. The molecule has 1 saturated carbocycles. The van der Waals surface area contributed by atoms with Gasteiger partial charge >= 0.3 is 6.03 Å². The third kappa shape index (κ3) is 2.20. The Hall–Kier alpha value is -1.06. The topological polar surface area (TPSA) is 49.4 Å². The van der Waals surface area contributed by atoms with E-state index in [1.54, 1.807) is 4.90 Å². The van der Waals surface area contributed by atoms with E-state index in [9.17, 15) is 9.59 Å². The molecule has 0 bridgehead atoms. The Morgan fingerprint density at radius 1 is 1.31 bits per heavy atom. The average molecular weight is 224 g/mol. The molecule has 4 heteroatoms.